The second-order valence-corrected chi connectivity index (χ2v) is 7.40. The topological polar surface area (TPSA) is 93.1 Å². The molecule has 1 heterocycles. The number of benzene rings is 2. The zero-order chi connectivity index (χ0) is 21.7. The quantitative estimate of drug-likeness (QED) is 0.418. The van der Waals surface area contributed by atoms with Crippen molar-refractivity contribution in [3.63, 3.8) is 0 Å². The number of unbranched alkanes of at least 4 members (excludes halogenated alkanes) is 2. The summed E-state index contributed by atoms with van der Waals surface area (Å²) in [5.41, 5.74) is 1.46. The fourth-order valence-corrected chi connectivity index (χ4v) is 3.42. The number of aldehydes is 1. The van der Waals surface area contributed by atoms with E-state index in [-0.39, 0.29) is 11.3 Å². The Morgan fingerprint density at radius 2 is 1.97 bits per heavy atom. The normalized spacial score (nSPS) is 19.5. The number of rotatable bonds is 5. The lowest BCUT2D eigenvalue weighted by molar-refractivity contribution is -0.00748. The highest BCUT2D eigenvalue weighted by Gasteiger charge is 2.25. The number of aliphatic hydroxyl groups excluding tert-OH is 1. The van der Waals surface area contributed by atoms with Crippen LogP contribution >= 0.6 is 0 Å². The molecule has 0 saturated carbocycles. The van der Waals surface area contributed by atoms with Crippen molar-refractivity contribution < 1.29 is 29.3 Å². The van der Waals surface area contributed by atoms with Crippen molar-refractivity contribution in [2.24, 2.45) is 0 Å². The molecule has 0 fully saturated rings. The predicted octanol–water partition coefficient (Wildman–Crippen LogP) is 4.80. The minimum atomic E-state index is -1.08. The summed E-state index contributed by atoms with van der Waals surface area (Å²) < 4.78 is 11.6. The van der Waals surface area contributed by atoms with E-state index in [2.05, 4.69) is 6.92 Å². The summed E-state index contributed by atoms with van der Waals surface area (Å²) in [5, 5.41) is 20.8. The average molecular weight is 410 g/mol. The fourth-order valence-electron chi connectivity index (χ4n) is 3.42. The van der Waals surface area contributed by atoms with Gasteiger partial charge in [-0.1, -0.05) is 38.0 Å². The maximum absolute atomic E-state index is 12.8. The van der Waals surface area contributed by atoms with E-state index in [1.807, 2.05) is 0 Å². The lowest BCUT2D eigenvalue weighted by Crippen LogP contribution is -2.30. The molecular formula is C24H26O6. The molecule has 0 amide bonds. The number of phenolic OH excluding ortho intramolecular Hbond substituents is 1. The molecule has 1 aliphatic heterocycles. The number of cyclic esters (lactones) is 1. The molecule has 2 aromatic carbocycles. The first-order valence-electron chi connectivity index (χ1n) is 10.1. The molecule has 3 rings (SSSR count). The summed E-state index contributed by atoms with van der Waals surface area (Å²) >= 11 is 0. The van der Waals surface area contributed by atoms with Crippen LogP contribution in [0.3, 0.4) is 0 Å². The number of aryl methyl sites for hydroxylation is 1. The summed E-state index contributed by atoms with van der Waals surface area (Å²) in [7, 11) is 0. The van der Waals surface area contributed by atoms with Crippen molar-refractivity contribution in [3.8, 4) is 17.2 Å². The molecule has 1 aliphatic rings. The Balaban J connectivity index is 2.11. The number of hydrogen-bond acceptors (Lipinski definition) is 6. The van der Waals surface area contributed by atoms with Crippen LogP contribution in [0.15, 0.2) is 36.4 Å². The largest absolute Gasteiger partial charge is 0.507 e. The molecule has 6 nitrogen and oxygen atoms in total. The van der Waals surface area contributed by atoms with Crippen molar-refractivity contribution in [1.29, 1.82) is 0 Å². The van der Waals surface area contributed by atoms with Gasteiger partial charge in [0.2, 0.25) is 0 Å². The number of ether oxygens (including phenoxy) is 2. The third kappa shape index (κ3) is 4.71. The van der Waals surface area contributed by atoms with Crippen LogP contribution in [-0.4, -0.2) is 34.7 Å². The number of aliphatic hydroxyl groups is 1. The van der Waals surface area contributed by atoms with E-state index in [1.54, 1.807) is 25.1 Å². The number of hydrogen-bond donors (Lipinski definition) is 2. The average Bonchev–Trinajstić information content (AvgIpc) is 2.73. The summed E-state index contributed by atoms with van der Waals surface area (Å²) in [6.07, 6.45) is 4.97. The van der Waals surface area contributed by atoms with Gasteiger partial charge in [-0.05, 0) is 49.6 Å². The van der Waals surface area contributed by atoms with Gasteiger partial charge >= 0.3 is 5.97 Å². The highest BCUT2D eigenvalue weighted by Crippen LogP contribution is 2.34. The molecule has 30 heavy (non-hydrogen) atoms. The van der Waals surface area contributed by atoms with E-state index in [9.17, 15) is 19.8 Å². The van der Waals surface area contributed by atoms with Crippen LogP contribution in [0.4, 0.5) is 0 Å². The highest BCUT2D eigenvalue weighted by molar-refractivity contribution is 5.92. The Morgan fingerprint density at radius 1 is 1.17 bits per heavy atom. The van der Waals surface area contributed by atoms with Gasteiger partial charge in [-0.2, -0.15) is 0 Å². The van der Waals surface area contributed by atoms with Gasteiger partial charge in [0.05, 0.1) is 11.1 Å². The molecule has 2 N–H and O–H groups in total. The maximum Gasteiger partial charge on any atom is 0.338 e. The first-order chi connectivity index (χ1) is 14.4. The minimum absolute atomic E-state index is 0.0554. The molecule has 2 atom stereocenters. The number of fused-ring (bicyclic) bond motifs is 3. The smallest absolute Gasteiger partial charge is 0.338 e. The van der Waals surface area contributed by atoms with Gasteiger partial charge in [-0.3, -0.25) is 4.79 Å². The molecular weight excluding hydrogens is 384 g/mol. The summed E-state index contributed by atoms with van der Waals surface area (Å²) in [6.45, 7) is 3.87. The molecule has 0 spiro atoms. The highest BCUT2D eigenvalue weighted by atomic mass is 16.6. The van der Waals surface area contributed by atoms with Gasteiger partial charge in [0.1, 0.15) is 29.5 Å². The van der Waals surface area contributed by atoms with E-state index in [4.69, 9.17) is 9.47 Å². The van der Waals surface area contributed by atoms with Gasteiger partial charge in [-0.15, -0.1) is 0 Å². The van der Waals surface area contributed by atoms with E-state index in [1.165, 1.54) is 24.3 Å². The van der Waals surface area contributed by atoms with E-state index in [0.29, 0.717) is 35.3 Å². The van der Waals surface area contributed by atoms with Crippen LogP contribution in [0.2, 0.25) is 0 Å². The zero-order valence-corrected chi connectivity index (χ0v) is 17.1. The van der Waals surface area contributed by atoms with Crippen LogP contribution in [0, 0.1) is 6.92 Å². The lowest BCUT2D eigenvalue weighted by Gasteiger charge is -2.23. The predicted molar refractivity (Wildman–Crippen MR) is 113 cm³/mol. The first-order valence-corrected chi connectivity index (χ1v) is 10.1. The number of aromatic hydroxyl groups is 1. The van der Waals surface area contributed by atoms with Gasteiger partial charge < -0.3 is 19.7 Å². The molecule has 158 valence electrons. The zero-order valence-electron chi connectivity index (χ0n) is 17.1. The molecule has 2 bridgehead atoms. The van der Waals surface area contributed by atoms with Crippen LogP contribution in [0.5, 0.6) is 17.2 Å². The van der Waals surface area contributed by atoms with E-state index < -0.39 is 18.2 Å². The van der Waals surface area contributed by atoms with Crippen molar-refractivity contribution in [1.82, 2.24) is 0 Å². The van der Waals surface area contributed by atoms with Crippen molar-refractivity contribution in [2.75, 3.05) is 0 Å². The van der Waals surface area contributed by atoms with Crippen molar-refractivity contribution in [2.45, 2.75) is 51.7 Å². The SMILES string of the molecule is CCCCC[C@@H]1OC(=O)c2cc(ccc2C)Oc2ccc(O)c(C=O)c2/C=C/[C@@H]1O. The van der Waals surface area contributed by atoms with E-state index in [0.717, 1.165) is 24.8 Å². The third-order valence-electron chi connectivity index (χ3n) is 5.19. The molecule has 0 aliphatic carbocycles. The van der Waals surface area contributed by atoms with Crippen LogP contribution < -0.4 is 4.74 Å². The van der Waals surface area contributed by atoms with Crippen LogP contribution in [-0.2, 0) is 4.74 Å². The standard InChI is InChI=1S/C24H26O6/c1-3-4-5-6-23-21(27)10-9-17-19(14-25)20(26)11-12-22(17)29-16-8-7-15(2)18(13-16)24(28)30-23/h7-14,21,23,26-27H,3-6H2,1-2H3/b10-9+/t21-,23-/m0/s1. The Labute approximate surface area is 175 Å². The maximum atomic E-state index is 12.8. The summed E-state index contributed by atoms with van der Waals surface area (Å²) in [5.74, 6) is 0.0131. The molecule has 0 aromatic heterocycles. The summed E-state index contributed by atoms with van der Waals surface area (Å²) in [4.78, 5) is 24.4. The Hall–Kier alpha value is -3.12. The molecule has 0 unspecified atom stereocenters. The molecule has 0 radical (unpaired) electrons. The van der Waals surface area contributed by atoms with Crippen molar-refractivity contribution in [3.05, 3.63) is 58.7 Å². The number of esters is 1. The third-order valence-corrected chi connectivity index (χ3v) is 5.19. The first kappa shape index (κ1) is 21.6. The molecule has 6 heteroatoms. The van der Waals surface area contributed by atoms with Gasteiger partial charge in [-0.25, -0.2) is 4.79 Å². The fraction of sp³-hybridized carbons (Fsp3) is 0.333. The van der Waals surface area contributed by atoms with E-state index >= 15 is 0 Å². The van der Waals surface area contributed by atoms with Crippen LogP contribution in [0.1, 0.15) is 64.4 Å². The molecule has 0 saturated heterocycles. The molecule has 2 aromatic rings. The van der Waals surface area contributed by atoms with Gasteiger partial charge in [0, 0.05) is 5.56 Å². The second kappa shape index (κ2) is 9.59. The van der Waals surface area contributed by atoms with Gasteiger partial charge in [0.15, 0.2) is 6.29 Å². The van der Waals surface area contributed by atoms with Crippen molar-refractivity contribution >= 4 is 18.3 Å². The number of phenols is 1. The van der Waals surface area contributed by atoms with Crippen LogP contribution in [0.25, 0.3) is 6.08 Å². The number of carbonyl (C=O) groups excluding carboxylic acids is 2. The Morgan fingerprint density at radius 3 is 2.70 bits per heavy atom. The Kier molecular flexibility index (Phi) is 6.90. The monoisotopic (exact) mass is 410 g/mol. The number of carbonyl (C=O) groups is 2. The van der Waals surface area contributed by atoms with Gasteiger partial charge in [0.25, 0.3) is 0 Å². The Bertz CT molecular complexity index is 962. The lowest BCUT2D eigenvalue weighted by atomic mass is 10.0. The minimum Gasteiger partial charge on any atom is -0.507 e. The second-order valence-electron chi connectivity index (χ2n) is 7.40. The summed E-state index contributed by atoms with van der Waals surface area (Å²) in [6, 6.07) is 7.95.